The number of nitrogens with one attached hydrogen (secondary N) is 1. The molecule has 1 fully saturated rings. The van der Waals surface area contributed by atoms with E-state index < -0.39 is 0 Å². The summed E-state index contributed by atoms with van der Waals surface area (Å²) in [5.74, 6) is 0.794. The summed E-state index contributed by atoms with van der Waals surface area (Å²) in [6.45, 7) is 2.25. The molecule has 0 amide bonds. The molecule has 78 valence electrons. The molecule has 1 heterocycles. The van der Waals surface area contributed by atoms with Crippen molar-refractivity contribution in [1.82, 2.24) is 4.98 Å². The van der Waals surface area contributed by atoms with Gasteiger partial charge in [0.15, 0.2) is 5.13 Å². The van der Waals surface area contributed by atoms with Crippen molar-refractivity contribution >= 4 is 32.4 Å². The zero-order valence-corrected chi connectivity index (χ0v) is 9.34. The number of benzene rings is 1. The molecule has 1 aromatic carbocycles. The summed E-state index contributed by atoms with van der Waals surface area (Å²) in [7, 11) is 0. The lowest BCUT2D eigenvalue weighted by Crippen LogP contribution is -2.02. The van der Waals surface area contributed by atoms with E-state index in [1.807, 2.05) is 18.2 Å². The molecule has 3 nitrogen and oxygen atoms in total. The van der Waals surface area contributed by atoms with Gasteiger partial charge in [-0.2, -0.15) is 0 Å². The highest BCUT2D eigenvalue weighted by Crippen LogP contribution is 2.35. The van der Waals surface area contributed by atoms with Crippen LogP contribution in [0.4, 0.5) is 10.8 Å². The first-order valence-electron chi connectivity index (χ1n) is 5.15. The van der Waals surface area contributed by atoms with Gasteiger partial charge in [-0.3, -0.25) is 0 Å². The molecule has 0 bridgehead atoms. The predicted octanol–water partition coefficient (Wildman–Crippen LogP) is 2.70. The van der Waals surface area contributed by atoms with E-state index >= 15 is 0 Å². The standard InChI is InChI=1S/C11H13N3S/c1-6-4-9(6)14-11-13-8-3-2-7(12)5-10(8)15-11/h2-3,5-6,9H,4,12H2,1H3,(H,13,14). The van der Waals surface area contributed by atoms with Crippen LogP contribution in [0, 0.1) is 5.92 Å². The summed E-state index contributed by atoms with van der Waals surface area (Å²) in [5.41, 5.74) is 7.56. The minimum atomic E-state index is 0.628. The van der Waals surface area contributed by atoms with Crippen molar-refractivity contribution in [2.75, 3.05) is 11.1 Å². The van der Waals surface area contributed by atoms with E-state index in [2.05, 4.69) is 17.2 Å². The van der Waals surface area contributed by atoms with Gasteiger partial charge in [0.25, 0.3) is 0 Å². The van der Waals surface area contributed by atoms with E-state index in [9.17, 15) is 0 Å². The van der Waals surface area contributed by atoms with E-state index in [4.69, 9.17) is 5.73 Å². The highest BCUT2D eigenvalue weighted by molar-refractivity contribution is 7.22. The van der Waals surface area contributed by atoms with E-state index in [0.29, 0.717) is 6.04 Å². The number of aromatic nitrogens is 1. The minimum Gasteiger partial charge on any atom is -0.399 e. The highest BCUT2D eigenvalue weighted by Gasteiger charge is 2.32. The molecule has 15 heavy (non-hydrogen) atoms. The lowest BCUT2D eigenvalue weighted by Gasteiger charge is -1.96. The Bertz CT molecular complexity index is 506. The van der Waals surface area contributed by atoms with Gasteiger partial charge < -0.3 is 11.1 Å². The van der Waals surface area contributed by atoms with Crippen LogP contribution in [-0.4, -0.2) is 11.0 Å². The molecule has 1 aromatic heterocycles. The first-order chi connectivity index (χ1) is 7.22. The summed E-state index contributed by atoms with van der Waals surface area (Å²) in [6.07, 6.45) is 1.26. The quantitative estimate of drug-likeness (QED) is 0.763. The topological polar surface area (TPSA) is 50.9 Å². The Hall–Kier alpha value is -1.29. The normalized spacial score (nSPS) is 24.3. The van der Waals surface area contributed by atoms with Gasteiger partial charge in [0.05, 0.1) is 10.2 Å². The van der Waals surface area contributed by atoms with Crippen LogP contribution in [0.5, 0.6) is 0 Å². The first kappa shape index (κ1) is 8.97. The van der Waals surface area contributed by atoms with E-state index in [0.717, 1.165) is 27.0 Å². The maximum atomic E-state index is 5.73. The third kappa shape index (κ3) is 1.65. The molecule has 3 rings (SSSR count). The number of hydrogen-bond acceptors (Lipinski definition) is 4. The van der Waals surface area contributed by atoms with Gasteiger partial charge >= 0.3 is 0 Å². The average Bonchev–Trinajstić information content (AvgIpc) is 2.75. The summed E-state index contributed by atoms with van der Waals surface area (Å²) < 4.78 is 1.16. The number of fused-ring (bicyclic) bond motifs is 1. The van der Waals surface area contributed by atoms with Crippen LogP contribution in [0.25, 0.3) is 10.2 Å². The smallest absolute Gasteiger partial charge is 0.184 e. The SMILES string of the molecule is CC1CC1Nc1nc2ccc(N)cc2s1. The predicted molar refractivity (Wildman–Crippen MR) is 65.2 cm³/mol. The minimum absolute atomic E-state index is 0.628. The molecule has 2 aromatic rings. The van der Waals surface area contributed by atoms with Gasteiger partial charge in [-0.05, 0) is 30.5 Å². The van der Waals surface area contributed by atoms with Crippen LogP contribution in [0.1, 0.15) is 13.3 Å². The van der Waals surface area contributed by atoms with Gasteiger partial charge in [-0.1, -0.05) is 18.3 Å². The molecular weight excluding hydrogens is 206 g/mol. The van der Waals surface area contributed by atoms with Crippen molar-refractivity contribution in [3.8, 4) is 0 Å². The summed E-state index contributed by atoms with van der Waals surface area (Å²) in [6, 6.07) is 6.48. The monoisotopic (exact) mass is 219 g/mol. The van der Waals surface area contributed by atoms with E-state index in [1.54, 1.807) is 11.3 Å². The van der Waals surface area contributed by atoms with Crippen LogP contribution in [0.3, 0.4) is 0 Å². The van der Waals surface area contributed by atoms with Crippen molar-refractivity contribution < 1.29 is 0 Å². The zero-order chi connectivity index (χ0) is 10.4. The summed E-state index contributed by atoms with van der Waals surface area (Å²) in [4.78, 5) is 4.52. The lowest BCUT2D eigenvalue weighted by atomic mass is 10.3. The zero-order valence-electron chi connectivity index (χ0n) is 8.53. The van der Waals surface area contributed by atoms with Crippen molar-refractivity contribution in [2.45, 2.75) is 19.4 Å². The third-order valence-electron chi connectivity index (χ3n) is 2.83. The molecule has 3 N–H and O–H groups in total. The molecule has 0 radical (unpaired) electrons. The van der Waals surface area contributed by atoms with Gasteiger partial charge in [0.1, 0.15) is 0 Å². The Morgan fingerprint density at radius 2 is 2.33 bits per heavy atom. The molecule has 0 aliphatic heterocycles. The maximum absolute atomic E-state index is 5.73. The van der Waals surface area contributed by atoms with E-state index in [1.165, 1.54) is 6.42 Å². The second-order valence-corrected chi connectivity index (χ2v) is 5.24. The van der Waals surface area contributed by atoms with Crippen molar-refractivity contribution in [1.29, 1.82) is 0 Å². The molecule has 1 aliphatic carbocycles. The fourth-order valence-electron chi connectivity index (χ4n) is 1.68. The van der Waals surface area contributed by atoms with Gasteiger partial charge in [0, 0.05) is 11.7 Å². The average molecular weight is 219 g/mol. The van der Waals surface area contributed by atoms with Crippen LogP contribution in [-0.2, 0) is 0 Å². The Kier molecular flexibility index (Phi) is 1.85. The molecule has 4 heteroatoms. The Morgan fingerprint density at radius 3 is 3.07 bits per heavy atom. The Labute approximate surface area is 92.3 Å². The number of thiazole rings is 1. The summed E-state index contributed by atoms with van der Waals surface area (Å²) in [5, 5.41) is 4.46. The van der Waals surface area contributed by atoms with Gasteiger partial charge in [0.2, 0.25) is 0 Å². The number of rotatable bonds is 2. The third-order valence-corrected chi connectivity index (χ3v) is 3.78. The molecule has 1 aliphatic rings. The molecule has 1 saturated carbocycles. The van der Waals surface area contributed by atoms with Gasteiger partial charge in [-0.15, -0.1) is 0 Å². The lowest BCUT2D eigenvalue weighted by molar-refractivity contribution is 0.928. The number of hydrogen-bond donors (Lipinski definition) is 2. The number of nitrogens with zero attached hydrogens (tertiary/aromatic N) is 1. The fourth-order valence-corrected chi connectivity index (χ4v) is 2.66. The van der Waals surface area contributed by atoms with Crippen molar-refractivity contribution in [3.63, 3.8) is 0 Å². The van der Waals surface area contributed by atoms with Crippen LogP contribution in [0.2, 0.25) is 0 Å². The molecule has 2 unspecified atom stereocenters. The van der Waals surface area contributed by atoms with E-state index in [-0.39, 0.29) is 0 Å². The van der Waals surface area contributed by atoms with Crippen molar-refractivity contribution in [3.05, 3.63) is 18.2 Å². The fraction of sp³-hybridized carbons (Fsp3) is 0.364. The van der Waals surface area contributed by atoms with Crippen LogP contribution in [0.15, 0.2) is 18.2 Å². The number of nitrogens with two attached hydrogens (primary N) is 1. The number of anilines is 2. The summed E-state index contributed by atoms with van der Waals surface area (Å²) >= 11 is 1.68. The maximum Gasteiger partial charge on any atom is 0.184 e. The number of nitrogen functional groups attached to an aromatic ring is 1. The largest absolute Gasteiger partial charge is 0.399 e. The van der Waals surface area contributed by atoms with Crippen molar-refractivity contribution in [2.24, 2.45) is 5.92 Å². The first-order valence-corrected chi connectivity index (χ1v) is 5.96. The molecular formula is C11H13N3S. The van der Waals surface area contributed by atoms with Crippen LogP contribution >= 0.6 is 11.3 Å². The van der Waals surface area contributed by atoms with Gasteiger partial charge in [-0.25, -0.2) is 4.98 Å². The van der Waals surface area contributed by atoms with Crippen LogP contribution < -0.4 is 11.1 Å². The Balaban J connectivity index is 1.92. The second-order valence-electron chi connectivity index (χ2n) is 4.21. The molecule has 0 saturated heterocycles. The highest BCUT2D eigenvalue weighted by atomic mass is 32.1. The molecule has 0 spiro atoms. The second kappa shape index (κ2) is 3.10. The Morgan fingerprint density at radius 1 is 1.53 bits per heavy atom. The molecule has 2 atom stereocenters.